The maximum atomic E-state index is 12.7. The van der Waals surface area contributed by atoms with Gasteiger partial charge in [0.2, 0.25) is 5.91 Å². The van der Waals surface area contributed by atoms with E-state index in [1.54, 1.807) is 56.5 Å². The number of nitrogens with one attached hydrogen (secondary N) is 2. The van der Waals surface area contributed by atoms with E-state index in [-0.39, 0.29) is 17.2 Å². The highest BCUT2D eigenvalue weighted by atomic mass is 35.5. The zero-order valence-electron chi connectivity index (χ0n) is 16.5. The minimum atomic E-state index is -3.85. The molecule has 0 unspecified atom stereocenters. The zero-order valence-corrected chi connectivity index (χ0v) is 18.0. The fraction of sp³-hybridized carbons (Fsp3) is 0.136. The van der Waals surface area contributed by atoms with Gasteiger partial charge in [-0.3, -0.25) is 9.52 Å². The lowest BCUT2D eigenvalue weighted by molar-refractivity contribution is -0.115. The maximum absolute atomic E-state index is 12.7. The Balaban J connectivity index is 1.78. The molecule has 0 aromatic heterocycles. The molecule has 30 heavy (non-hydrogen) atoms. The van der Waals surface area contributed by atoms with Crippen LogP contribution in [0.3, 0.4) is 0 Å². The number of carbonyl (C=O) groups excluding carboxylic acids is 1. The van der Waals surface area contributed by atoms with Crippen molar-refractivity contribution < 1.29 is 17.9 Å². The van der Waals surface area contributed by atoms with Crippen LogP contribution in [0.4, 0.5) is 11.4 Å². The van der Waals surface area contributed by atoms with Gasteiger partial charge in [-0.25, -0.2) is 8.42 Å². The van der Waals surface area contributed by atoms with Gasteiger partial charge >= 0.3 is 0 Å². The van der Waals surface area contributed by atoms with Crippen LogP contribution in [0.1, 0.15) is 11.1 Å². The molecule has 0 aliphatic carbocycles. The van der Waals surface area contributed by atoms with Gasteiger partial charge in [-0.1, -0.05) is 35.9 Å². The molecule has 0 aliphatic rings. The maximum Gasteiger partial charge on any atom is 0.261 e. The van der Waals surface area contributed by atoms with Gasteiger partial charge < -0.3 is 10.1 Å². The van der Waals surface area contributed by atoms with Crippen LogP contribution in [0.15, 0.2) is 71.6 Å². The van der Waals surface area contributed by atoms with E-state index in [0.717, 1.165) is 11.1 Å². The molecule has 0 spiro atoms. The van der Waals surface area contributed by atoms with E-state index in [0.29, 0.717) is 22.1 Å². The fourth-order valence-electron chi connectivity index (χ4n) is 2.83. The van der Waals surface area contributed by atoms with Gasteiger partial charge in [0.05, 0.1) is 24.1 Å². The summed E-state index contributed by atoms with van der Waals surface area (Å²) in [7, 11) is -2.29. The number of carbonyl (C=O) groups is 1. The Labute approximate surface area is 180 Å². The molecule has 0 fully saturated rings. The molecule has 8 heteroatoms. The van der Waals surface area contributed by atoms with Crippen LogP contribution in [-0.2, 0) is 21.2 Å². The first-order valence-electron chi connectivity index (χ1n) is 9.08. The molecule has 2 N–H and O–H groups in total. The van der Waals surface area contributed by atoms with Crippen molar-refractivity contribution in [3.8, 4) is 5.75 Å². The van der Waals surface area contributed by atoms with Crippen LogP contribution in [0.25, 0.3) is 0 Å². The number of benzene rings is 3. The van der Waals surface area contributed by atoms with E-state index in [1.807, 2.05) is 6.07 Å². The zero-order chi connectivity index (χ0) is 21.7. The lowest BCUT2D eigenvalue weighted by atomic mass is 10.1. The Morgan fingerprint density at radius 2 is 1.80 bits per heavy atom. The van der Waals surface area contributed by atoms with Crippen LogP contribution >= 0.6 is 11.6 Å². The molecule has 0 atom stereocenters. The van der Waals surface area contributed by atoms with E-state index < -0.39 is 10.0 Å². The Hall–Kier alpha value is -3.03. The highest BCUT2D eigenvalue weighted by Gasteiger charge is 2.17. The smallest absolute Gasteiger partial charge is 0.261 e. The Morgan fingerprint density at radius 1 is 1.03 bits per heavy atom. The lowest BCUT2D eigenvalue weighted by Gasteiger charge is -2.13. The Kier molecular flexibility index (Phi) is 6.64. The summed E-state index contributed by atoms with van der Waals surface area (Å²) in [5.41, 5.74) is 2.31. The molecule has 3 aromatic carbocycles. The Bertz CT molecular complexity index is 1180. The molecule has 0 saturated heterocycles. The van der Waals surface area contributed by atoms with Crippen molar-refractivity contribution >= 4 is 38.9 Å². The van der Waals surface area contributed by atoms with Crippen LogP contribution in [-0.4, -0.2) is 21.4 Å². The molecule has 6 nitrogen and oxygen atoms in total. The van der Waals surface area contributed by atoms with Gasteiger partial charge in [-0.05, 0) is 60.5 Å². The first-order chi connectivity index (χ1) is 14.3. The minimum absolute atomic E-state index is 0.0322. The molecule has 0 aliphatic heterocycles. The van der Waals surface area contributed by atoms with Crippen molar-refractivity contribution in [3.63, 3.8) is 0 Å². The molecule has 3 rings (SSSR count). The number of rotatable bonds is 7. The molecule has 0 radical (unpaired) electrons. The number of hydrogen-bond acceptors (Lipinski definition) is 4. The lowest BCUT2D eigenvalue weighted by Crippen LogP contribution is -2.17. The molecule has 156 valence electrons. The first-order valence-corrected chi connectivity index (χ1v) is 10.9. The summed E-state index contributed by atoms with van der Waals surface area (Å²) < 4.78 is 33.1. The highest BCUT2D eigenvalue weighted by molar-refractivity contribution is 7.92. The van der Waals surface area contributed by atoms with Crippen molar-refractivity contribution in [2.24, 2.45) is 0 Å². The molecule has 3 aromatic rings. The van der Waals surface area contributed by atoms with Crippen LogP contribution in [0.2, 0.25) is 5.02 Å². The molecular weight excluding hydrogens is 424 g/mol. The predicted octanol–water partition coefficient (Wildman–Crippen LogP) is 4.64. The Morgan fingerprint density at radius 3 is 2.53 bits per heavy atom. The summed E-state index contributed by atoms with van der Waals surface area (Å²) in [6, 6.07) is 18.2. The predicted molar refractivity (Wildman–Crippen MR) is 119 cm³/mol. The van der Waals surface area contributed by atoms with Gasteiger partial charge in [0.15, 0.2) is 0 Å². The molecule has 0 heterocycles. The van der Waals surface area contributed by atoms with Gasteiger partial charge in [-0.2, -0.15) is 0 Å². The number of ether oxygens (including phenoxy) is 1. The number of hydrogen-bond donors (Lipinski definition) is 2. The van der Waals surface area contributed by atoms with E-state index in [2.05, 4.69) is 10.0 Å². The molecule has 1 amide bonds. The third kappa shape index (κ3) is 5.52. The van der Waals surface area contributed by atoms with E-state index in [9.17, 15) is 13.2 Å². The number of aryl methyl sites for hydroxylation is 1. The minimum Gasteiger partial charge on any atom is -0.497 e. The van der Waals surface area contributed by atoms with Crippen molar-refractivity contribution in [3.05, 3.63) is 82.9 Å². The van der Waals surface area contributed by atoms with Gasteiger partial charge in [0, 0.05) is 10.7 Å². The first kappa shape index (κ1) is 21.7. The number of halogens is 1. The van der Waals surface area contributed by atoms with Crippen LogP contribution in [0.5, 0.6) is 5.75 Å². The molecule has 0 saturated carbocycles. The number of sulfonamides is 1. The third-order valence-electron chi connectivity index (χ3n) is 4.37. The summed E-state index contributed by atoms with van der Waals surface area (Å²) in [5, 5.41) is 3.21. The highest BCUT2D eigenvalue weighted by Crippen LogP contribution is 2.24. The average Bonchev–Trinajstić information content (AvgIpc) is 2.69. The SMILES string of the molecule is COc1cccc(CC(=O)Nc2cc(S(=O)(=O)Nc3cccc(Cl)c3)ccc2C)c1. The van der Waals surface area contributed by atoms with Crippen molar-refractivity contribution in [1.29, 1.82) is 0 Å². The second-order valence-electron chi connectivity index (χ2n) is 6.67. The normalized spacial score (nSPS) is 11.0. The molecular formula is C22H21ClN2O4S. The monoisotopic (exact) mass is 444 g/mol. The van der Waals surface area contributed by atoms with Crippen LogP contribution < -0.4 is 14.8 Å². The van der Waals surface area contributed by atoms with E-state index in [4.69, 9.17) is 16.3 Å². The van der Waals surface area contributed by atoms with Crippen LogP contribution in [0, 0.1) is 6.92 Å². The largest absolute Gasteiger partial charge is 0.497 e. The van der Waals surface area contributed by atoms with Crippen molar-refractivity contribution in [1.82, 2.24) is 0 Å². The summed E-state index contributed by atoms with van der Waals surface area (Å²) in [6.07, 6.45) is 0.133. The van der Waals surface area contributed by atoms with E-state index in [1.165, 1.54) is 18.2 Å². The second kappa shape index (κ2) is 9.19. The number of amides is 1. The summed E-state index contributed by atoms with van der Waals surface area (Å²) >= 11 is 5.92. The summed E-state index contributed by atoms with van der Waals surface area (Å²) in [6.45, 7) is 1.79. The van der Waals surface area contributed by atoms with Gasteiger partial charge in [0.1, 0.15) is 5.75 Å². The standard InChI is InChI=1S/C22H21ClN2O4S/c1-15-9-10-20(30(27,28)25-18-7-4-6-17(23)13-18)14-21(15)24-22(26)12-16-5-3-8-19(11-16)29-2/h3-11,13-14,25H,12H2,1-2H3,(H,24,26). The topological polar surface area (TPSA) is 84.5 Å². The number of methoxy groups -OCH3 is 1. The van der Waals surface area contributed by atoms with Gasteiger partial charge in [0.25, 0.3) is 10.0 Å². The molecule has 0 bridgehead atoms. The van der Waals surface area contributed by atoms with Crippen molar-refractivity contribution in [2.75, 3.05) is 17.1 Å². The number of anilines is 2. The van der Waals surface area contributed by atoms with E-state index >= 15 is 0 Å². The van der Waals surface area contributed by atoms with Gasteiger partial charge in [-0.15, -0.1) is 0 Å². The fourth-order valence-corrected chi connectivity index (χ4v) is 4.10. The second-order valence-corrected chi connectivity index (χ2v) is 8.79. The summed E-state index contributed by atoms with van der Waals surface area (Å²) in [4.78, 5) is 12.5. The average molecular weight is 445 g/mol. The summed E-state index contributed by atoms with van der Waals surface area (Å²) in [5.74, 6) is 0.403. The quantitative estimate of drug-likeness (QED) is 0.556. The van der Waals surface area contributed by atoms with Crippen molar-refractivity contribution in [2.45, 2.75) is 18.2 Å². The third-order valence-corrected chi connectivity index (χ3v) is 5.98.